The summed E-state index contributed by atoms with van der Waals surface area (Å²) in [5.74, 6) is 0.993. The first-order chi connectivity index (χ1) is 14.2. The van der Waals surface area contributed by atoms with Crippen LogP contribution in [0.25, 0.3) is 22.3 Å². The second-order valence-corrected chi connectivity index (χ2v) is 7.55. The fourth-order valence-electron chi connectivity index (χ4n) is 4.26. The molecule has 1 aliphatic rings. The molecule has 0 saturated carbocycles. The summed E-state index contributed by atoms with van der Waals surface area (Å²) in [7, 11) is 1.76. The van der Waals surface area contributed by atoms with Gasteiger partial charge in [0.2, 0.25) is 0 Å². The number of aromatic nitrogens is 4. The van der Waals surface area contributed by atoms with Crippen LogP contribution in [0.1, 0.15) is 11.6 Å². The van der Waals surface area contributed by atoms with E-state index >= 15 is 0 Å². The summed E-state index contributed by atoms with van der Waals surface area (Å²) in [6.45, 7) is 1.30. The Balaban J connectivity index is 1.50. The standard InChI is InChI=1S/C23H22N4O2/c1-26-11-4-6-19(23(26)28)22-25-10-12-27(22)21-15-29-14-17(21)13-16-8-9-24-20-7-3-2-5-18(16)20/h2-12,17,21H,13-15H2,1H3/t17-,21+/m0/s1. The molecule has 6 heteroatoms. The average molecular weight is 386 g/mol. The topological polar surface area (TPSA) is 61.9 Å². The smallest absolute Gasteiger partial charge is 0.261 e. The van der Waals surface area contributed by atoms with Gasteiger partial charge in [0.25, 0.3) is 5.56 Å². The Morgan fingerprint density at radius 2 is 1.93 bits per heavy atom. The quantitative estimate of drug-likeness (QED) is 0.540. The molecule has 0 N–H and O–H groups in total. The molecule has 0 spiro atoms. The van der Waals surface area contributed by atoms with Crippen LogP contribution in [0, 0.1) is 5.92 Å². The molecule has 29 heavy (non-hydrogen) atoms. The predicted molar refractivity (Wildman–Crippen MR) is 112 cm³/mol. The van der Waals surface area contributed by atoms with Gasteiger partial charge in [0.15, 0.2) is 0 Å². The highest BCUT2D eigenvalue weighted by Gasteiger charge is 2.32. The number of ether oxygens (including phenoxy) is 1. The molecule has 3 aromatic heterocycles. The second kappa shape index (κ2) is 7.29. The summed E-state index contributed by atoms with van der Waals surface area (Å²) in [6.07, 6.45) is 8.24. The van der Waals surface area contributed by atoms with E-state index in [0.717, 1.165) is 11.9 Å². The average Bonchev–Trinajstić information content (AvgIpc) is 3.39. The molecule has 1 saturated heterocycles. The van der Waals surface area contributed by atoms with E-state index in [0.29, 0.717) is 30.5 Å². The number of hydrogen-bond donors (Lipinski definition) is 0. The van der Waals surface area contributed by atoms with Gasteiger partial charge in [-0.1, -0.05) is 18.2 Å². The van der Waals surface area contributed by atoms with Gasteiger partial charge in [0.05, 0.1) is 30.3 Å². The van der Waals surface area contributed by atoms with Crippen molar-refractivity contribution < 1.29 is 4.74 Å². The first-order valence-electron chi connectivity index (χ1n) is 9.81. The molecule has 0 bridgehead atoms. The Labute approximate surface area is 168 Å². The largest absolute Gasteiger partial charge is 0.379 e. The van der Waals surface area contributed by atoms with Gasteiger partial charge in [0.1, 0.15) is 5.82 Å². The molecular formula is C23H22N4O2. The molecule has 0 radical (unpaired) electrons. The van der Waals surface area contributed by atoms with Gasteiger partial charge in [-0.25, -0.2) is 4.98 Å². The van der Waals surface area contributed by atoms with Crippen molar-refractivity contribution in [3.8, 4) is 11.4 Å². The first-order valence-corrected chi connectivity index (χ1v) is 9.81. The maximum atomic E-state index is 12.6. The Kier molecular flexibility index (Phi) is 4.48. The highest BCUT2D eigenvalue weighted by atomic mass is 16.5. The maximum Gasteiger partial charge on any atom is 0.261 e. The normalized spacial score (nSPS) is 19.1. The molecule has 4 aromatic rings. The third-order valence-corrected chi connectivity index (χ3v) is 5.78. The molecule has 2 atom stereocenters. The molecule has 0 amide bonds. The van der Waals surface area contributed by atoms with Gasteiger partial charge in [-0.15, -0.1) is 0 Å². The Morgan fingerprint density at radius 1 is 1.03 bits per heavy atom. The molecule has 6 nitrogen and oxygen atoms in total. The van der Waals surface area contributed by atoms with Crippen LogP contribution < -0.4 is 5.56 Å². The fraction of sp³-hybridized carbons (Fsp3) is 0.261. The number of benzene rings is 1. The van der Waals surface area contributed by atoms with Gasteiger partial charge < -0.3 is 13.9 Å². The predicted octanol–water partition coefficient (Wildman–Crippen LogP) is 3.23. The second-order valence-electron chi connectivity index (χ2n) is 7.55. The van der Waals surface area contributed by atoms with E-state index < -0.39 is 0 Å². The molecule has 1 aliphatic heterocycles. The van der Waals surface area contributed by atoms with Gasteiger partial charge in [-0.05, 0) is 36.2 Å². The van der Waals surface area contributed by atoms with Crippen LogP contribution in [0.2, 0.25) is 0 Å². The zero-order chi connectivity index (χ0) is 19.8. The number of rotatable bonds is 4. The lowest BCUT2D eigenvalue weighted by Gasteiger charge is -2.22. The van der Waals surface area contributed by atoms with Crippen molar-refractivity contribution in [2.24, 2.45) is 13.0 Å². The SMILES string of the molecule is Cn1cccc(-c2nccn2[C@@H]2COC[C@@H]2Cc2ccnc3ccccc23)c1=O. The molecule has 1 aromatic carbocycles. The Morgan fingerprint density at radius 3 is 2.86 bits per heavy atom. The van der Waals surface area contributed by atoms with Gasteiger partial charge in [-0.2, -0.15) is 0 Å². The summed E-state index contributed by atoms with van der Waals surface area (Å²) < 4.78 is 9.57. The number of aryl methyl sites for hydroxylation is 1. The lowest BCUT2D eigenvalue weighted by Crippen LogP contribution is -2.23. The third-order valence-electron chi connectivity index (χ3n) is 5.78. The molecule has 0 unspecified atom stereocenters. The van der Waals surface area contributed by atoms with Crippen LogP contribution in [-0.4, -0.2) is 32.3 Å². The molecule has 4 heterocycles. The molecule has 0 aliphatic carbocycles. The molecule has 146 valence electrons. The minimum Gasteiger partial charge on any atom is -0.379 e. The fourth-order valence-corrected chi connectivity index (χ4v) is 4.26. The Bertz CT molecular complexity index is 1220. The zero-order valence-electron chi connectivity index (χ0n) is 16.2. The molecule has 5 rings (SSSR count). The van der Waals surface area contributed by atoms with Crippen molar-refractivity contribution in [2.75, 3.05) is 13.2 Å². The summed E-state index contributed by atoms with van der Waals surface area (Å²) >= 11 is 0. The van der Waals surface area contributed by atoms with Crippen molar-refractivity contribution in [3.05, 3.63) is 83.2 Å². The van der Waals surface area contributed by atoms with Crippen molar-refractivity contribution in [2.45, 2.75) is 12.5 Å². The molecular weight excluding hydrogens is 364 g/mol. The van der Waals surface area contributed by atoms with Crippen LogP contribution in [0.3, 0.4) is 0 Å². The lowest BCUT2D eigenvalue weighted by molar-refractivity contribution is 0.181. The number of pyridine rings is 2. The van der Waals surface area contributed by atoms with Crippen LogP contribution in [-0.2, 0) is 18.2 Å². The minimum atomic E-state index is -0.0458. The molecule has 1 fully saturated rings. The van der Waals surface area contributed by atoms with E-state index in [1.54, 1.807) is 24.0 Å². The van der Waals surface area contributed by atoms with Gasteiger partial charge in [-0.3, -0.25) is 9.78 Å². The van der Waals surface area contributed by atoms with E-state index in [4.69, 9.17) is 4.74 Å². The zero-order valence-corrected chi connectivity index (χ0v) is 16.2. The number of para-hydroxylation sites is 1. The highest BCUT2D eigenvalue weighted by Crippen LogP contribution is 2.33. The van der Waals surface area contributed by atoms with Crippen molar-refractivity contribution in [1.82, 2.24) is 19.1 Å². The third kappa shape index (κ3) is 3.15. The van der Waals surface area contributed by atoms with E-state index in [1.807, 2.05) is 36.7 Å². The monoisotopic (exact) mass is 386 g/mol. The number of fused-ring (bicyclic) bond motifs is 1. The van der Waals surface area contributed by atoms with E-state index in [-0.39, 0.29) is 11.6 Å². The van der Waals surface area contributed by atoms with Crippen molar-refractivity contribution in [1.29, 1.82) is 0 Å². The Hall–Kier alpha value is -3.25. The summed E-state index contributed by atoms with van der Waals surface area (Å²) in [6, 6.07) is 14.2. The highest BCUT2D eigenvalue weighted by molar-refractivity contribution is 5.81. The summed E-state index contributed by atoms with van der Waals surface area (Å²) in [5.41, 5.74) is 2.85. The minimum absolute atomic E-state index is 0.0458. The van der Waals surface area contributed by atoms with E-state index in [1.165, 1.54) is 10.9 Å². The summed E-state index contributed by atoms with van der Waals surface area (Å²) in [5, 5.41) is 1.18. The van der Waals surface area contributed by atoms with Crippen LogP contribution in [0.5, 0.6) is 0 Å². The lowest BCUT2D eigenvalue weighted by atomic mass is 9.93. The van der Waals surface area contributed by atoms with Crippen LogP contribution in [0.15, 0.2) is 72.0 Å². The van der Waals surface area contributed by atoms with Gasteiger partial charge >= 0.3 is 0 Å². The number of imidazole rings is 1. The first kappa shape index (κ1) is 17.8. The maximum absolute atomic E-state index is 12.6. The van der Waals surface area contributed by atoms with Crippen molar-refractivity contribution in [3.63, 3.8) is 0 Å². The number of nitrogens with zero attached hydrogens (tertiary/aromatic N) is 4. The van der Waals surface area contributed by atoms with E-state index in [9.17, 15) is 4.79 Å². The van der Waals surface area contributed by atoms with Crippen LogP contribution >= 0.6 is 0 Å². The van der Waals surface area contributed by atoms with Gasteiger partial charge in [0, 0.05) is 43.1 Å². The van der Waals surface area contributed by atoms with Crippen LogP contribution in [0.4, 0.5) is 0 Å². The van der Waals surface area contributed by atoms with E-state index in [2.05, 4.69) is 32.7 Å². The number of hydrogen-bond acceptors (Lipinski definition) is 4. The van der Waals surface area contributed by atoms with Crippen molar-refractivity contribution >= 4 is 10.9 Å². The summed E-state index contributed by atoms with van der Waals surface area (Å²) in [4.78, 5) is 21.6.